The largest absolute Gasteiger partial charge is 0.366 e. The standard InChI is InChI=1S/C20H19N7OS/c1-13(29-20-24-22-12-26(20)2)14-5-4-8-17(10-14)27-11-18(23-25-27)15-6-3-7-16(9-15)19(21)28/h3-13H,1-2H3,(H2,21,28)/t13-/m0/s1. The summed E-state index contributed by atoms with van der Waals surface area (Å²) in [6.45, 7) is 2.13. The Bertz CT molecular complexity index is 1170. The van der Waals surface area contributed by atoms with Gasteiger partial charge in [0.15, 0.2) is 5.16 Å². The van der Waals surface area contributed by atoms with Crippen LogP contribution in [-0.4, -0.2) is 35.7 Å². The molecule has 9 heteroatoms. The normalized spacial score (nSPS) is 12.1. The molecule has 0 radical (unpaired) electrons. The molecule has 1 amide bonds. The van der Waals surface area contributed by atoms with Crippen LogP contribution in [0.15, 0.2) is 66.2 Å². The van der Waals surface area contributed by atoms with Gasteiger partial charge in [-0.25, -0.2) is 4.68 Å². The maximum Gasteiger partial charge on any atom is 0.248 e. The molecule has 0 bridgehead atoms. The van der Waals surface area contributed by atoms with E-state index >= 15 is 0 Å². The zero-order valence-corrected chi connectivity index (χ0v) is 16.7. The van der Waals surface area contributed by atoms with Crippen molar-refractivity contribution >= 4 is 17.7 Å². The lowest BCUT2D eigenvalue weighted by atomic mass is 10.1. The van der Waals surface area contributed by atoms with Gasteiger partial charge >= 0.3 is 0 Å². The molecule has 2 heterocycles. The number of aryl methyl sites for hydroxylation is 1. The zero-order valence-electron chi connectivity index (χ0n) is 15.9. The average Bonchev–Trinajstić information content (AvgIpc) is 3.38. The molecule has 2 aromatic heterocycles. The fourth-order valence-corrected chi connectivity index (χ4v) is 3.79. The number of benzene rings is 2. The predicted molar refractivity (Wildman–Crippen MR) is 111 cm³/mol. The lowest BCUT2D eigenvalue weighted by molar-refractivity contribution is 0.100. The summed E-state index contributed by atoms with van der Waals surface area (Å²) in [5, 5.41) is 17.6. The molecule has 0 saturated heterocycles. The van der Waals surface area contributed by atoms with Gasteiger partial charge in [0.25, 0.3) is 0 Å². The minimum atomic E-state index is -0.471. The molecule has 1 atom stereocenters. The Balaban J connectivity index is 1.58. The van der Waals surface area contributed by atoms with Crippen molar-refractivity contribution in [3.63, 3.8) is 0 Å². The van der Waals surface area contributed by atoms with Crippen LogP contribution in [0.5, 0.6) is 0 Å². The summed E-state index contributed by atoms with van der Waals surface area (Å²) in [6.07, 6.45) is 3.52. The van der Waals surface area contributed by atoms with E-state index in [0.29, 0.717) is 11.3 Å². The Labute approximate surface area is 171 Å². The molecule has 0 aliphatic heterocycles. The first-order chi connectivity index (χ1) is 14.0. The number of thioether (sulfide) groups is 1. The monoisotopic (exact) mass is 405 g/mol. The van der Waals surface area contributed by atoms with Crippen molar-refractivity contribution in [2.75, 3.05) is 0 Å². The molecule has 0 aliphatic carbocycles. The number of carbonyl (C=O) groups is 1. The smallest absolute Gasteiger partial charge is 0.248 e. The van der Waals surface area contributed by atoms with E-state index in [9.17, 15) is 4.79 Å². The van der Waals surface area contributed by atoms with E-state index in [0.717, 1.165) is 22.0 Å². The van der Waals surface area contributed by atoms with Crippen molar-refractivity contribution in [2.45, 2.75) is 17.3 Å². The molecule has 2 aromatic carbocycles. The predicted octanol–water partition coefficient (Wildman–Crippen LogP) is 3.01. The van der Waals surface area contributed by atoms with Gasteiger partial charge in [-0.05, 0) is 36.8 Å². The Hall–Kier alpha value is -3.46. The molecular weight excluding hydrogens is 386 g/mol. The highest BCUT2D eigenvalue weighted by Crippen LogP contribution is 2.33. The van der Waals surface area contributed by atoms with Gasteiger partial charge in [-0.15, -0.1) is 15.3 Å². The highest BCUT2D eigenvalue weighted by Gasteiger charge is 2.13. The van der Waals surface area contributed by atoms with Crippen molar-refractivity contribution in [1.29, 1.82) is 0 Å². The zero-order chi connectivity index (χ0) is 20.4. The maximum atomic E-state index is 11.4. The number of carbonyl (C=O) groups excluding carboxylic acids is 1. The summed E-state index contributed by atoms with van der Waals surface area (Å²) in [5.41, 5.74) is 9.30. The third-order valence-corrected chi connectivity index (χ3v) is 5.70. The summed E-state index contributed by atoms with van der Waals surface area (Å²) in [4.78, 5) is 11.4. The number of nitrogens with zero attached hydrogens (tertiary/aromatic N) is 6. The van der Waals surface area contributed by atoms with Crippen LogP contribution in [0.2, 0.25) is 0 Å². The molecule has 0 fully saturated rings. The number of nitrogens with two attached hydrogens (primary N) is 1. The number of primary amides is 1. The van der Waals surface area contributed by atoms with Crippen LogP contribution in [0, 0.1) is 0 Å². The second-order valence-corrected chi connectivity index (χ2v) is 7.88. The van der Waals surface area contributed by atoms with Gasteiger partial charge in [0.05, 0.1) is 11.9 Å². The molecule has 0 unspecified atom stereocenters. The van der Waals surface area contributed by atoms with Crippen LogP contribution in [0.1, 0.15) is 28.1 Å². The lowest BCUT2D eigenvalue weighted by Gasteiger charge is -2.12. The third kappa shape index (κ3) is 4.04. The molecule has 8 nitrogen and oxygen atoms in total. The van der Waals surface area contributed by atoms with E-state index in [4.69, 9.17) is 5.73 Å². The van der Waals surface area contributed by atoms with E-state index in [2.05, 4.69) is 39.6 Å². The molecule has 4 aromatic rings. The number of rotatable bonds is 6. The van der Waals surface area contributed by atoms with Gasteiger partial charge in [-0.2, -0.15) is 0 Å². The third-order valence-electron chi connectivity index (χ3n) is 4.49. The lowest BCUT2D eigenvalue weighted by Crippen LogP contribution is -2.10. The van der Waals surface area contributed by atoms with Crippen LogP contribution >= 0.6 is 11.8 Å². The Morgan fingerprint density at radius 3 is 2.72 bits per heavy atom. The molecule has 29 heavy (non-hydrogen) atoms. The summed E-state index contributed by atoms with van der Waals surface area (Å²) in [6, 6.07) is 15.2. The second-order valence-electron chi connectivity index (χ2n) is 6.57. The first kappa shape index (κ1) is 18.9. The van der Waals surface area contributed by atoms with Crippen molar-refractivity contribution in [1.82, 2.24) is 29.8 Å². The SMILES string of the molecule is C[C@H](Sc1nncn1C)c1cccc(-n2cc(-c3cccc(C(N)=O)c3)nn2)c1. The summed E-state index contributed by atoms with van der Waals surface area (Å²) in [5.74, 6) is -0.471. The summed E-state index contributed by atoms with van der Waals surface area (Å²) in [7, 11) is 1.93. The fraction of sp³-hybridized carbons (Fsp3) is 0.150. The van der Waals surface area contributed by atoms with Crippen molar-refractivity contribution in [3.8, 4) is 16.9 Å². The van der Waals surface area contributed by atoms with Gasteiger partial charge in [0.2, 0.25) is 5.91 Å². The summed E-state index contributed by atoms with van der Waals surface area (Å²) < 4.78 is 3.62. The highest BCUT2D eigenvalue weighted by atomic mass is 32.2. The first-order valence-electron chi connectivity index (χ1n) is 8.95. The average molecular weight is 405 g/mol. The Kier molecular flexibility index (Phi) is 5.13. The van der Waals surface area contributed by atoms with Gasteiger partial charge in [0.1, 0.15) is 12.0 Å². The van der Waals surface area contributed by atoms with Gasteiger partial charge in [-0.1, -0.05) is 41.2 Å². The van der Waals surface area contributed by atoms with Crippen LogP contribution in [0.4, 0.5) is 0 Å². The minimum Gasteiger partial charge on any atom is -0.366 e. The quantitative estimate of drug-likeness (QED) is 0.495. The van der Waals surface area contributed by atoms with E-state index in [-0.39, 0.29) is 5.25 Å². The molecule has 0 spiro atoms. The number of hydrogen-bond donors (Lipinski definition) is 1. The van der Waals surface area contributed by atoms with Crippen molar-refractivity contribution in [2.24, 2.45) is 12.8 Å². The Morgan fingerprint density at radius 1 is 1.14 bits per heavy atom. The van der Waals surface area contributed by atoms with Crippen LogP contribution in [-0.2, 0) is 7.05 Å². The van der Waals surface area contributed by atoms with Gasteiger partial charge in [0, 0.05) is 23.4 Å². The van der Waals surface area contributed by atoms with E-state index < -0.39 is 5.91 Å². The summed E-state index contributed by atoms with van der Waals surface area (Å²) >= 11 is 1.64. The van der Waals surface area contributed by atoms with E-state index in [1.165, 1.54) is 0 Å². The first-order valence-corrected chi connectivity index (χ1v) is 9.83. The second kappa shape index (κ2) is 7.88. The van der Waals surface area contributed by atoms with Crippen molar-refractivity contribution in [3.05, 3.63) is 72.2 Å². The molecule has 2 N–H and O–H groups in total. The molecular formula is C20H19N7OS. The molecule has 0 saturated carbocycles. The molecule has 0 aliphatic rings. The van der Waals surface area contributed by atoms with Gasteiger partial charge < -0.3 is 10.3 Å². The highest BCUT2D eigenvalue weighted by molar-refractivity contribution is 7.99. The minimum absolute atomic E-state index is 0.188. The van der Waals surface area contributed by atoms with Crippen LogP contribution in [0.3, 0.4) is 0 Å². The van der Waals surface area contributed by atoms with Crippen LogP contribution in [0.25, 0.3) is 16.9 Å². The van der Waals surface area contributed by atoms with Crippen molar-refractivity contribution < 1.29 is 4.79 Å². The van der Waals surface area contributed by atoms with Gasteiger partial charge in [-0.3, -0.25) is 4.79 Å². The van der Waals surface area contributed by atoms with E-state index in [1.807, 2.05) is 36.0 Å². The topological polar surface area (TPSA) is 105 Å². The number of aromatic nitrogens is 6. The number of hydrogen-bond acceptors (Lipinski definition) is 6. The maximum absolute atomic E-state index is 11.4. The van der Waals surface area contributed by atoms with Crippen LogP contribution < -0.4 is 5.73 Å². The molecule has 146 valence electrons. The Morgan fingerprint density at radius 2 is 1.97 bits per heavy atom. The molecule has 4 rings (SSSR count). The van der Waals surface area contributed by atoms with E-state index in [1.54, 1.807) is 41.0 Å². The fourth-order valence-electron chi connectivity index (χ4n) is 2.88. The number of amides is 1.